The van der Waals surface area contributed by atoms with Crippen LogP contribution in [0.4, 0.5) is 5.69 Å². The monoisotopic (exact) mass is 282 g/mol. The number of anilines is 1. The molecule has 108 valence electrons. The van der Waals surface area contributed by atoms with E-state index in [4.69, 9.17) is 9.31 Å². The van der Waals surface area contributed by atoms with E-state index in [1.54, 1.807) is 0 Å². The van der Waals surface area contributed by atoms with Gasteiger partial charge in [-0.3, -0.25) is 4.98 Å². The molecule has 21 heavy (non-hydrogen) atoms. The molecule has 0 spiro atoms. The van der Waals surface area contributed by atoms with E-state index in [-0.39, 0.29) is 7.12 Å². The van der Waals surface area contributed by atoms with Gasteiger partial charge in [-0.05, 0) is 31.2 Å². The maximum absolute atomic E-state index is 5.85. The first kappa shape index (κ1) is 14.1. The SMILES string of the molecule is Cc1cccc(B2OCCN(c3ccccc3)CCO2)n1. The average Bonchev–Trinajstić information content (AvgIpc) is 2.48. The van der Waals surface area contributed by atoms with E-state index in [1.165, 1.54) is 5.69 Å². The average molecular weight is 282 g/mol. The summed E-state index contributed by atoms with van der Waals surface area (Å²) >= 11 is 0. The summed E-state index contributed by atoms with van der Waals surface area (Å²) < 4.78 is 11.7. The lowest BCUT2D eigenvalue weighted by Gasteiger charge is -2.28. The number of aryl methyl sites for hydroxylation is 1. The fourth-order valence-electron chi connectivity index (χ4n) is 2.46. The smallest absolute Gasteiger partial charge is 0.404 e. The van der Waals surface area contributed by atoms with Crippen LogP contribution >= 0.6 is 0 Å². The molecule has 0 amide bonds. The van der Waals surface area contributed by atoms with Crippen molar-refractivity contribution >= 4 is 18.4 Å². The summed E-state index contributed by atoms with van der Waals surface area (Å²) in [5.41, 5.74) is 3.03. The van der Waals surface area contributed by atoms with Crippen LogP contribution in [0.5, 0.6) is 0 Å². The highest BCUT2D eigenvalue weighted by Gasteiger charge is 2.25. The van der Waals surface area contributed by atoms with Crippen LogP contribution in [0.15, 0.2) is 48.5 Å². The molecule has 0 saturated carbocycles. The summed E-state index contributed by atoms with van der Waals surface area (Å²) in [6, 6.07) is 16.3. The summed E-state index contributed by atoms with van der Waals surface area (Å²) in [6.45, 7) is 4.93. The van der Waals surface area contributed by atoms with Gasteiger partial charge in [-0.1, -0.05) is 24.3 Å². The fraction of sp³-hybridized carbons (Fsp3) is 0.312. The lowest BCUT2D eigenvalue weighted by Crippen LogP contribution is -2.45. The standard InChI is InChI=1S/C16H19BN2O2/c1-14-6-5-9-16(18-14)17-20-12-10-19(11-13-21-17)15-7-3-2-4-8-15/h2-9H,10-13H2,1H3. The van der Waals surface area contributed by atoms with Crippen molar-refractivity contribution in [2.24, 2.45) is 0 Å². The number of para-hydroxylation sites is 1. The van der Waals surface area contributed by atoms with Crippen LogP contribution in [0.1, 0.15) is 5.69 Å². The molecular formula is C16H19BN2O2. The third kappa shape index (κ3) is 3.62. The van der Waals surface area contributed by atoms with Crippen LogP contribution < -0.4 is 10.5 Å². The fourth-order valence-corrected chi connectivity index (χ4v) is 2.46. The Morgan fingerprint density at radius 3 is 2.33 bits per heavy atom. The molecule has 3 rings (SSSR count). The molecule has 1 aromatic heterocycles. The number of aromatic nitrogens is 1. The quantitative estimate of drug-likeness (QED) is 0.784. The molecule has 1 saturated heterocycles. The van der Waals surface area contributed by atoms with Gasteiger partial charge in [-0.2, -0.15) is 0 Å². The van der Waals surface area contributed by atoms with Crippen molar-refractivity contribution in [2.75, 3.05) is 31.2 Å². The van der Waals surface area contributed by atoms with E-state index in [2.05, 4.69) is 34.1 Å². The normalized spacial score (nSPS) is 16.4. The predicted octanol–water partition coefficient (Wildman–Crippen LogP) is 1.64. The molecule has 0 bridgehead atoms. The summed E-state index contributed by atoms with van der Waals surface area (Å²) in [4.78, 5) is 6.76. The van der Waals surface area contributed by atoms with Crippen LogP contribution in [-0.4, -0.2) is 38.4 Å². The first-order valence-corrected chi connectivity index (χ1v) is 7.30. The van der Waals surface area contributed by atoms with Gasteiger partial charge >= 0.3 is 7.12 Å². The van der Waals surface area contributed by atoms with E-state index in [0.29, 0.717) is 13.2 Å². The molecule has 1 aliphatic rings. The van der Waals surface area contributed by atoms with Crippen LogP contribution in [0, 0.1) is 6.92 Å². The number of benzene rings is 1. The number of hydrogen-bond donors (Lipinski definition) is 0. The van der Waals surface area contributed by atoms with Gasteiger partial charge in [0.15, 0.2) is 0 Å². The molecule has 0 aliphatic carbocycles. The Bertz CT molecular complexity index is 569. The molecule has 0 unspecified atom stereocenters. The maximum Gasteiger partial charge on any atom is 0.513 e. The predicted molar refractivity (Wildman–Crippen MR) is 84.9 cm³/mol. The highest BCUT2D eigenvalue weighted by atomic mass is 16.6. The third-order valence-corrected chi connectivity index (χ3v) is 3.53. The van der Waals surface area contributed by atoms with Crippen molar-refractivity contribution < 1.29 is 9.31 Å². The van der Waals surface area contributed by atoms with Gasteiger partial charge in [-0.15, -0.1) is 0 Å². The molecule has 1 fully saturated rings. The second-order valence-electron chi connectivity index (χ2n) is 5.10. The number of pyridine rings is 1. The molecule has 4 nitrogen and oxygen atoms in total. The van der Waals surface area contributed by atoms with Crippen LogP contribution in [-0.2, 0) is 9.31 Å². The molecule has 1 aliphatic heterocycles. The van der Waals surface area contributed by atoms with Gasteiger partial charge in [0.2, 0.25) is 0 Å². The summed E-state index contributed by atoms with van der Waals surface area (Å²) in [5.74, 6) is 0. The first-order chi connectivity index (χ1) is 10.3. The number of nitrogens with zero attached hydrogens (tertiary/aromatic N) is 2. The van der Waals surface area contributed by atoms with E-state index in [9.17, 15) is 0 Å². The second kappa shape index (κ2) is 6.74. The zero-order valence-corrected chi connectivity index (χ0v) is 12.2. The van der Waals surface area contributed by atoms with Crippen molar-refractivity contribution in [1.29, 1.82) is 0 Å². The van der Waals surface area contributed by atoms with Crippen molar-refractivity contribution in [1.82, 2.24) is 4.98 Å². The van der Waals surface area contributed by atoms with E-state index < -0.39 is 0 Å². The lowest BCUT2D eigenvalue weighted by atomic mass is 9.83. The number of hydrogen-bond acceptors (Lipinski definition) is 4. The largest absolute Gasteiger partial charge is 0.513 e. The second-order valence-corrected chi connectivity index (χ2v) is 5.10. The Morgan fingerprint density at radius 1 is 0.952 bits per heavy atom. The van der Waals surface area contributed by atoms with Crippen LogP contribution in [0.25, 0.3) is 0 Å². The van der Waals surface area contributed by atoms with E-state index in [1.807, 2.05) is 31.2 Å². The van der Waals surface area contributed by atoms with Gasteiger partial charge in [0, 0.05) is 37.7 Å². The topological polar surface area (TPSA) is 34.6 Å². The van der Waals surface area contributed by atoms with Crippen molar-refractivity contribution in [2.45, 2.75) is 6.92 Å². The van der Waals surface area contributed by atoms with Gasteiger partial charge in [0.1, 0.15) is 0 Å². The summed E-state index contributed by atoms with van der Waals surface area (Å²) in [7, 11) is -0.358. The molecule has 1 aromatic carbocycles. The summed E-state index contributed by atoms with van der Waals surface area (Å²) in [5, 5.41) is 0. The molecular weight excluding hydrogens is 263 g/mol. The summed E-state index contributed by atoms with van der Waals surface area (Å²) in [6.07, 6.45) is 0. The lowest BCUT2D eigenvalue weighted by molar-refractivity contribution is 0.197. The zero-order valence-electron chi connectivity index (χ0n) is 12.2. The van der Waals surface area contributed by atoms with Gasteiger partial charge in [0.25, 0.3) is 0 Å². The van der Waals surface area contributed by atoms with Gasteiger partial charge in [-0.25, -0.2) is 0 Å². The van der Waals surface area contributed by atoms with Crippen LogP contribution in [0.3, 0.4) is 0 Å². The minimum Gasteiger partial charge on any atom is -0.404 e. The molecule has 0 atom stereocenters. The highest BCUT2D eigenvalue weighted by molar-refractivity contribution is 6.60. The maximum atomic E-state index is 5.85. The first-order valence-electron chi connectivity index (χ1n) is 7.30. The number of rotatable bonds is 2. The Morgan fingerprint density at radius 2 is 1.67 bits per heavy atom. The Hall–Kier alpha value is -1.85. The van der Waals surface area contributed by atoms with Gasteiger partial charge in [0.05, 0.1) is 5.59 Å². The minimum atomic E-state index is -0.358. The molecule has 5 heteroatoms. The Balaban J connectivity index is 1.64. The third-order valence-electron chi connectivity index (χ3n) is 3.53. The molecule has 2 aromatic rings. The van der Waals surface area contributed by atoms with E-state index >= 15 is 0 Å². The molecule has 0 radical (unpaired) electrons. The minimum absolute atomic E-state index is 0.358. The zero-order chi connectivity index (χ0) is 14.5. The Labute approximate surface area is 125 Å². The van der Waals surface area contributed by atoms with Crippen molar-refractivity contribution in [3.05, 3.63) is 54.2 Å². The van der Waals surface area contributed by atoms with Crippen molar-refractivity contribution in [3.8, 4) is 0 Å². The van der Waals surface area contributed by atoms with E-state index in [0.717, 1.165) is 24.4 Å². The molecule has 0 N–H and O–H groups in total. The Kier molecular flexibility index (Phi) is 4.53. The van der Waals surface area contributed by atoms with Crippen LogP contribution in [0.2, 0.25) is 0 Å². The van der Waals surface area contributed by atoms with Crippen molar-refractivity contribution in [3.63, 3.8) is 0 Å². The van der Waals surface area contributed by atoms with Gasteiger partial charge < -0.3 is 14.2 Å². The highest BCUT2D eigenvalue weighted by Crippen LogP contribution is 2.13. The molecule has 2 heterocycles.